The molecule has 138 valence electrons. The molecule has 0 saturated carbocycles. The van der Waals surface area contributed by atoms with E-state index in [1.165, 1.54) is 7.11 Å². The highest BCUT2D eigenvalue weighted by Crippen LogP contribution is 2.24. The second-order valence-electron chi connectivity index (χ2n) is 6.56. The zero-order valence-electron chi connectivity index (χ0n) is 15.9. The molecule has 1 heterocycles. The number of para-hydroxylation sites is 1. The highest BCUT2D eigenvalue weighted by molar-refractivity contribution is 5.97. The number of carbonyl (C=O) groups excluding carboxylic acids is 2. The van der Waals surface area contributed by atoms with Crippen molar-refractivity contribution in [1.82, 2.24) is 4.98 Å². The first-order valence-corrected chi connectivity index (χ1v) is 8.74. The Morgan fingerprint density at radius 3 is 2.56 bits per heavy atom. The largest absolute Gasteiger partial charge is 0.465 e. The van der Waals surface area contributed by atoms with Crippen molar-refractivity contribution in [2.45, 2.75) is 27.2 Å². The summed E-state index contributed by atoms with van der Waals surface area (Å²) in [4.78, 5) is 29.0. The number of pyridine rings is 1. The molecule has 0 radical (unpaired) electrons. The highest BCUT2D eigenvalue weighted by Gasteiger charge is 2.15. The maximum Gasteiger partial charge on any atom is 0.337 e. The number of methoxy groups -OCH3 is 1. The van der Waals surface area contributed by atoms with Gasteiger partial charge in [0, 0.05) is 16.8 Å². The van der Waals surface area contributed by atoms with Gasteiger partial charge >= 0.3 is 5.97 Å². The van der Waals surface area contributed by atoms with Crippen LogP contribution in [0.2, 0.25) is 0 Å². The maximum atomic E-state index is 12.7. The molecule has 0 spiro atoms. The van der Waals surface area contributed by atoms with E-state index in [0.717, 1.165) is 33.3 Å². The fourth-order valence-electron chi connectivity index (χ4n) is 3.19. The van der Waals surface area contributed by atoms with E-state index in [0.29, 0.717) is 11.3 Å². The van der Waals surface area contributed by atoms with Crippen LogP contribution in [0, 0.1) is 20.8 Å². The minimum absolute atomic E-state index is 0.150. The van der Waals surface area contributed by atoms with Gasteiger partial charge in [-0.3, -0.25) is 9.78 Å². The number of aryl methyl sites for hydroxylation is 3. The molecule has 5 nitrogen and oxygen atoms in total. The van der Waals surface area contributed by atoms with Crippen LogP contribution in [0.5, 0.6) is 0 Å². The number of ether oxygens (including phenoxy) is 1. The average Bonchev–Trinajstić information content (AvgIpc) is 2.66. The van der Waals surface area contributed by atoms with Crippen LogP contribution < -0.4 is 5.32 Å². The van der Waals surface area contributed by atoms with Gasteiger partial charge in [-0.2, -0.15) is 0 Å². The molecule has 3 aromatic rings. The summed E-state index contributed by atoms with van der Waals surface area (Å²) < 4.78 is 4.74. The van der Waals surface area contributed by atoms with E-state index in [1.54, 1.807) is 18.2 Å². The van der Waals surface area contributed by atoms with Gasteiger partial charge in [0.05, 0.1) is 24.6 Å². The number of hydrogen-bond acceptors (Lipinski definition) is 4. The van der Waals surface area contributed by atoms with Gasteiger partial charge in [0.1, 0.15) is 0 Å². The molecule has 0 fully saturated rings. The number of amides is 1. The summed E-state index contributed by atoms with van der Waals surface area (Å²) in [5.74, 6) is -0.584. The Morgan fingerprint density at radius 1 is 1.07 bits per heavy atom. The third-order valence-electron chi connectivity index (χ3n) is 4.76. The number of benzene rings is 2. The van der Waals surface area contributed by atoms with Gasteiger partial charge in [-0.1, -0.05) is 24.3 Å². The monoisotopic (exact) mass is 362 g/mol. The van der Waals surface area contributed by atoms with Gasteiger partial charge in [-0.25, -0.2) is 4.79 Å². The van der Waals surface area contributed by atoms with Crippen molar-refractivity contribution >= 4 is 28.5 Å². The highest BCUT2D eigenvalue weighted by atomic mass is 16.5. The van der Waals surface area contributed by atoms with Crippen LogP contribution in [0.4, 0.5) is 5.69 Å². The minimum atomic E-state index is -0.434. The van der Waals surface area contributed by atoms with Crippen LogP contribution >= 0.6 is 0 Å². The average molecular weight is 362 g/mol. The number of aromatic nitrogens is 1. The first kappa shape index (κ1) is 18.6. The molecule has 1 amide bonds. The Hall–Kier alpha value is -3.21. The van der Waals surface area contributed by atoms with Gasteiger partial charge in [-0.05, 0) is 55.7 Å². The van der Waals surface area contributed by atoms with Gasteiger partial charge < -0.3 is 10.1 Å². The lowest BCUT2D eigenvalue weighted by Crippen LogP contribution is -2.17. The van der Waals surface area contributed by atoms with Crippen molar-refractivity contribution in [3.63, 3.8) is 0 Å². The van der Waals surface area contributed by atoms with Gasteiger partial charge in [-0.15, -0.1) is 0 Å². The fraction of sp³-hybridized carbons (Fsp3) is 0.227. The Morgan fingerprint density at radius 2 is 1.81 bits per heavy atom. The standard InChI is InChI=1S/C22H22N2O3/c1-13-9-10-16(22(26)27-4)11-20(13)24-21(25)12-18-14(2)17-7-5-6-8-19(17)23-15(18)3/h5-11H,12H2,1-4H3,(H,24,25). The van der Waals surface area contributed by atoms with Crippen LogP contribution in [0.3, 0.4) is 0 Å². The molecular formula is C22H22N2O3. The molecule has 0 bridgehead atoms. The van der Waals surface area contributed by atoms with E-state index in [-0.39, 0.29) is 12.3 Å². The van der Waals surface area contributed by atoms with E-state index in [9.17, 15) is 9.59 Å². The quantitative estimate of drug-likeness (QED) is 0.709. The van der Waals surface area contributed by atoms with Gasteiger partial charge in [0.25, 0.3) is 0 Å². The van der Waals surface area contributed by atoms with E-state index in [1.807, 2.05) is 45.0 Å². The molecule has 1 N–H and O–H groups in total. The normalized spacial score (nSPS) is 10.7. The van der Waals surface area contributed by atoms with Crippen molar-refractivity contribution in [2.75, 3.05) is 12.4 Å². The second kappa shape index (κ2) is 7.58. The van der Waals surface area contributed by atoms with Crippen molar-refractivity contribution in [1.29, 1.82) is 0 Å². The lowest BCUT2D eigenvalue weighted by atomic mass is 9.99. The van der Waals surface area contributed by atoms with Crippen LogP contribution in [0.15, 0.2) is 42.5 Å². The van der Waals surface area contributed by atoms with E-state index in [2.05, 4.69) is 10.3 Å². The molecule has 0 aliphatic rings. The number of nitrogens with zero attached hydrogens (tertiary/aromatic N) is 1. The number of anilines is 1. The summed E-state index contributed by atoms with van der Waals surface area (Å²) >= 11 is 0. The Balaban J connectivity index is 1.87. The van der Waals surface area contributed by atoms with E-state index >= 15 is 0 Å². The van der Waals surface area contributed by atoms with Crippen molar-refractivity contribution in [2.24, 2.45) is 0 Å². The van der Waals surface area contributed by atoms with E-state index in [4.69, 9.17) is 4.74 Å². The Kier molecular flexibility index (Phi) is 5.21. The SMILES string of the molecule is COC(=O)c1ccc(C)c(NC(=O)Cc2c(C)nc3ccccc3c2C)c1. The third kappa shape index (κ3) is 3.82. The number of carbonyl (C=O) groups is 2. The van der Waals surface area contributed by atoms with Crippen LogP contribution in [-0.2, 0) is 16.0 Å². The molecule has 1 aromatic heterocycles. The van der Waals surface area contributed by atoms with Gasteiger partial charge in [0.2, 0.25) is 5.91 Å². The number of nitrogens with one attached hydrogen (secondary N) is 1. The zero-order chi connectivity index (χ0) is 19.6. The smallest absolute Gasteiger partial charge is 0.337 e. The number of esters is 1. The zero-order valence-corrected chi connectivity index (χ0v) is 15.9. The molecule has 0 aliphatic carbocycles. The number of rotatable bonds is 4. The lowest BCUT2D eigenvalue weighted by Gasteiger charge is -2.14. The summed E-state index contributed by atoms with van der Waals surface area (Å²) in [6, 6.07) is 13.0. The molecular weight excluding hydrogens is 340 g/mol. The summed E-state index contributed by atoms with van der Waals surface area (Å²) in [6.07, 6.45) is 0.220. The van der Waals surface area contributed by atoms with Crippen LogP contribution in [-0.4, -0.2) is 24.0 Å². The first-order chi connectivity index (χ1) is 12.9. The molecule has 5 heteroatoms. The minimum Gasteiger partial charge on any atom is -0.465 e. The summed E-state index contributed by atoms with van der Waals surface area (Å²) in [6.45, 7) is 5.82. The van der Waals surface area contributed by atoms with Crippen molar-refractivity contribution < 1.29 is 14.3 Å². The fourth-order valence-corrected chi connectivity index (χ4v) is 3.19. The molecule has 0 atom stereocenters. The predicted octanol–water partition coefficient (Wildman–Crippen LogP) is 4.13. The number of fused-ring (bicyclic) bond motifs is 1. The van der Waals surface area contributed by atoms with E-state index < -0.39 is 5.97 Å². The van der Waals surface area contributed by atoms with Crippen LogP contribution in [0.25, 0.3) is 10.9 Å². The van der Waals surface area contributed by atoms with Crippen LogP contribution in [0.1, 0.15) is 32.7 Å². The van der Waals surface area contributed by atoms with Crippen molar-refractivity contribution in [3.8, 4) is 0 Å². The molecule has 0 aliphatic heterocycles. The maximum absolute atomic E-state index is 12.7. The summed E-state index contributed by atoms with van der Waals surface area (Å²) in [5.41, 5.74) is 5.65. The lowest BCUT2D eigenvalue weighted by molar-refractivity contribution is -0.115. The Labute approximate surface area is 158 Å². The van der Waals surface area contributed by atoms with Crippen molar-refractivity contribution in [3.05, 3.63) is 70.4 Å². The second-order valence-corrected chi connectivity index (χ2v) is 6.56. The number of hydrogen-bond donors (Lipinski definition) is 1. The molecule has 27 heavy (non-hydrogen) atoms. The van der Waals surface area contributed by atoms with Gasteiger partial charge in [0.15, 0.2) is 0 Å². The molecule has 3 rings (SSSR count). The predicted molar refractivity (Wildman–Crippen MR) is 106 cm³/mol. The molecule has 0 saturated heterocycles. The summed E-state index contributed by atoms with van der Waals surface area (Å²) in [5, 5.41) is 3.96. The Bertz CT molecular complexity index is 1040. The summed E-state index contributed by atoms with van der Waals surface area (Å²) in [7, 11) is 1.33. The third-order valence-corrected chi connectivity index (χ3v) is 4.76. The molecule has 0 unspecified atom stereocenters. The topological polar surface area (TPSA) is 68.3 Å². The first-order valence-electron chi connectivity index (χ1n) is 8.74. The molecule has 2 aromatic carbocycles.